The van der Waals surface area contributed by atoms with E-state index in [0.29, 0.717) is 6.73 Å². The van der Waals surface area contributed by atoms with E-state index in [1.807, 2.05) is 0 Å². The van der Waals surface area contributed by atoms with E-state index in [9.17, 15) is 0 Å². The molecule has 0 spiro atoms. The lowest BCUT2D eigenvalue weighted by atomic mass is 10.1. The topological polar surface area (TPSA) is 36.5 Å². The lowest BCUT2D eigenvalue weighted by molar-refractivity contribution is 0.147. The highest BCUT2D eigenvalue weighted by atomic mass is 35.5. The maximum atomic E-state index is 5.79. The molecule has 0 fully saturated rings. The summed E-state index contributed by atoms with van der Waals surface area (Å²) in [6, 6.07) is 8.40. The number of nitrogens with zero attached hydrogens (tertiary/aromatic N) is 1. The van der Waals surface area contributed by atoms with Gasteiger partial charge in [0.2, 0.25) is 0 Å². The van der Waals surface area contributed by atoms with Gasteiger partial charge in [-0.15, -0.1) is 12.4 Å². The van der Waals surface area contributed by atoms with Crippen LogP contribution in [0.3, 0.4) is 0 Å². The molecule has 0 atom stereocenters. The van der Waals surface area contributed by atoms with E-state index in [1.54, 1.807) is 0 Å². The van der Waals surface area contributed by atoms with E-state index in [0.717, 1.165) is 44.2 Å². The van der Waals surface area contributed by atoms with Crippen molar-refractivity contribution < 1.29 is 4.74 Å². The second kappa shape index (κ2) is 21.3. The molecule has 30 heavy (non-hydrogen) atoms. The zero-order chi connectivity index (χ0) is 21.0. The van der Waals surface area contributed by atoms with E-state index in [4.69, 9.17) is 4.74 Å². The summed E-state index contributed by atoms with van der Waals surface area (Å²) in [5, 5.41) is 6.97. The van der Waals surface area contributed by atoms with Gasteiger partial charge in [-0.1, -0.05) is 90.7 Å². The lowest BCUT2D eigenvalue weighted by Gasteiger charge is -2.19. The number of nitrogens with one attached hydrogen (secondary N) is 2. The third kappa shape index (κ3) is 14.9. The molecule has 0 aliphatic rings. The number of ether oxygens (including phenoxy) is 1. The number of hydrogen-bond acceptors (Lipinski definition) is 4. The molecule has 0 aromatic heterocycles. The number of anilines is 2. The first-order valence-corrected chi connectivity index (χ1v) is 12.2. The third-order valence-electron chi connectivity index (χ3n) is 5.57. The molecule has 0 bridgehead atoms. The number of likely N-dealkylation sites (N-methyl/N-ethyl adjacent to an activating group) is 1. The third-order valence-corrected chi connectivity index (χ3v) is 5.57. The monoisotopic (exact) mass is 441 g/mol. The zero-order valence-electron chi connectivity index (χ0n) is 19.9. The van der Waals surface area contributed by atoms with Crippen LogP contribution in [0.5, 0.6) is 0 Å². The smallest absolute Gasteiger partial charge is 0.116 e. The summed E-state index contributed by atoms with van der Waals surface area (Å²) < 4.78 is 5.79. The predicted molar refractivity (Wildman–Crippen MR) is 136 cm³/mol. The van der Waals surface area contributed by atoms with Gasteiger partial charge in [-0.3, -0.25) is 0 Å². The van der Waals surface area contributed by atoms with Gasteiger partial charge in [0.1, 0.15) is 6.73 Å². The predicted octanol–water partition coefficient (Wildman–Crippen LogP) is 7.17. The minimum Gasteiger partial charge on any atom is -0.382 e. The van der Waals surface area contributed by atoms with E-state index >= 15 is 0 Å². The van der Waals surface area contributed by atoms with E-state index < -0.39 is 0 Å². The standard InChI is InChI=1S/C25H47N3O.ClH/c1-4-7-8-9-10-11-12-13-14-17-22-29-23-27-25-19-16-15-18-24(25)26-20-21-28(5-2)6-3;/h15-16,18-19,26-27H,4-14,17,20-23H2,1-3H3;1H. The first-order valence-electron chi connectivity index (χ1n) is 12.2. The first kappa shape index (κ1) is 29.0. The molecule has 5 heteroatoms. The van der Waals surface area contributed by atoms with Crippen LogP contribution in [0.25, 0.3) is 0 Å². The van der Waals surface area contributed by atoms with Crippen LogP contribution in [-0.2, 0) is 4.74 Å². The summed E-state index contributed by atoms with van der Waals surface area (Å²) in [5.41, 5.74) is 2.28. The highest BCUT2D eigenvalue weighted by Gasteiger charge is 2.02. The fourth-order valence-electron chi connectivity index (χ4n) is 3.57. The maximum Gasteiger partial charge on any atom is 0.116 e. The molecule has 0 radical (unpaired) electrons. The molecule has 0 saturated carbocycles. The Morgan fingerprint density at radius 1 is 0.733 bits per heavy atom. The zero-order valence-corrected chi connectivity index (χ0v) is 20.7. The largest absolute Gasteiger partial charge is 0.382 e. The van der Waals surface area contributed by atoms with Gasteiger partial charge in [-0.2, -0.15) is 0 Å². The van der Waals surface area contributed by atoms with Crippen molar-refractivity contribution in [3.05, 3.63) is 24.3 Å². The molecule has 0 aliphatic heterocycles. The first-order chi connectivity index (χ1) is 14.3. The molecule has 1 aromatic carbocycles. The lowest BCUT2D eigenvalue weighted by Crippen LogP contribution is -2.28. The minimum atomic E-state index is 0. The van der Waals surface area contributed by atoms with Crippen LogP contribution in [0.4, 0.5) is 11.4 Å². The summed E-state index contributed by atoms with van der Waals surface area (Å²) in [6.45, 7) is 12.4. The van der Waals surface area contributed by atoms with E-state index in [-0.39, 0.29) is 12.4 Å². The quantitative estimate of drug-likeness (QED) is 0.166. The van der Waals surface area contributed by atoms with Crippen LogP contribution in [0.2, 0.25) is 0 Å². The van der Waals surface area contributed by atoms with Gasteiger partial charge in [0.05, 0.1) is 11.4 Å². The fraction of sp³-hybridized carbons (Fsp3) is 0.760. The van der Waals surface area contributed by atoms with Gasteiger partial charge in [0.15, 0.2) is 0 Å². The Labute approximate surface area is 192 Å². The highest BCUT2D eigenvalue weighted by molar-refractivity contribution is 5.85. The van der Waals surface area contributed by atoms with Crippen molar-refractivity contribution >= 4 is 23.8 Å². The summed E-state index contributed by atoms with van der Waals surface area (Å²) >= 11 is 0. The molecular weight excluding hydrogens is 394 g/mol. The average molecular weight is 442 g/mol. The van der Waals surface area contributed by atoms with E-state index in [2.05, 4.69) is 60.6 Å². The summed E-state index contributed by atoms with van der Waals surface area (Å²) in [4.78, 5) is 2.43. The number of hydrogen-bond donors (Lipinski definition) is 2. The van der Waals surface area contributed by atoms with Gasteiger partial charge >= 0.3 is 0 Å². The van der Waals surface area contributed by atoms with Crippen LogP contribution >= 0.6 is 12.4 Å². The number of benzene rings is 1. The van der Waals surface area contributed by atoms with Gasteiger partial charge in [-0.05, 0) is 31.6 Å². The van der Waals surface area contributed by atoms with E-state index in [1.165, 1.54) is 64.2 Å². The van der Waals surface area contributed by atoms with Crippen molar-refractivity contribution in [2.24, 2.45) is 0 Å². The SMILES string of the molecule is CCCCCCCCCCCCOCNc1ccccc1NCCN(CC)CC.Cl. The van der Waals surface area contributed by atoms with Gasteiger partial charge < -0.3 is 20.3 Å². The average Bonchev–Trinajstić information content (AvgIpc) is 2.75. The Hall–Kier alpha value is -0.970. The maximum absolute atomic E-state index is 5.79. The van der Waals surface area contributed by atoms with Crippen molar-refractivity contribution in [3.63, 3.8) is 0 Å². The molecule has 0 saturated heterocycles. The van der Waals surface area contributed by atoms with Crippen LogP contribution in [0.1, 0.15) is 85.0 Å². The van der Waals surface area contributed by atoms with Crippen molar-refractivity contribution in [1.29, 1.82) is 0 Å². The molecule has 0 heterocycles. The molecule has 1 rings (SSSR count). The number of halogens is 1. The molecule has 4 nitrogen and oxygen atoms in total. The Kier molecular flexibility index (Phi) is 20.6. The Balaban J connectivity index is 0.00000841. The van der Waals surface area contributed by atoms with Gasteiger partial charge in [0, 0.05) is 19.7 Å². The summed E-state index contributed by atoms with van der Waals surface area (Å²) in [7, 11) is 0. The molecule has 0 unspecified atom stereocenters. The number of unbranched alkanes of at least 4 members (excludes halogenated alkanes) is 9. The second-order valence-corrected chi connectivity index (χ2v) is 7.91. The molecule has 2 N–H and O–H groups in total. The molecule has 176 valence electrons. The molecular formula is C25H48ClN3O. The van der Waals surface area contributed by atoms with Crippen molar-refractivity contribution in [1.82, 2.24) is 4.90 Å². The highest BCUT2D eigenvalue weighted by Crippen LogP contribution is 2.20. The summed E-state index contributed by atoms with van der Waals surface area (Å²) in [6.07, 6.45) is 13.6. The van der Waals surface area contributed by atoms with Crippen molar-refractivity contribution in [3.8, 4) is 0 Å². The van der Waals surface area contributed by atoms with Gasteiger partial charge in [0.25, 0.3) is 0 Å². The minimum absolute atomic E-state index is 0. The van der Waals surface area contributed by atoms with Crippen LogP contribution < -0.4 is 10.6 Å². The molecule has 0 aliphatic carbocycles. The Bertz CT molecular complexity index is 483. The number of rotatable bonds is 20. The fourth-order valence-corrected chi connectivity index (χ4v) is 3.57. The van der Waals surface area contributed by atoms with Crippen LogP contribution in [0.15, 0.2) is 24.3 Å². The molecule has 0 amide bonds. The number of para-hydroxylation sites is 2. The van der Waals surface area contributed by atoms with Crippen LogP contribution in [-0.4, -0.2) is 44.4 Å². The van der Waals surface area contributed by atoms with Crippen molar-refractivity contribution in [2.75, 3.05) is 50.2 Å². The van der Waals surface area contributed by atoms with Crippen molar-refractivity contribution in [2.45, 2.75) is 85.0 Å². The Morgan fingerprint density at radius 2 is 1.27 bits per heavy atom. The molecule has 1 aromatic rings. The Morgan fingerprint density at radius 3 is 1.83 bits per heavy atom. The normalized spacial score (nSPS) is 10.8. The van der Waals surface area contributed by atoms with Crippen LogP contribution in [0, 0.1) is 0 Å². The summed E-state index contributed by atoms with van der Waals surface area (Å²) in [5.74, 6) is 0. The van der Waals surface area contributed by atoms with Gasteiger partial charge in [-0.25, -0.2) is 0 Å². The second-order valence-electron chi connectivity index (χ2n) is 7.91.